The summed E-state index contributed by atoms with van der Waals surface area (Å²) in [6.45, 7) is 1.60. The molecule has 0 spiro atoms. The molecule has 2 amide bonds. The predicted octanol–water partition coefficient (Wildman–Crippen LogP) is 1.67. The molecule has 0 radical (unpaired) electrons. The van der Waals surface area contributed by atoms with E-state index in [0.717, 1.165) is 25.7 Å². The Balaban J connectivity index is 1.80. The van der Waals surface area contributed by atoms with Gasteiger partial charge in [-0.25, -0.2) is 0 Å². The number of fused-ring (bicyclic) bond motifs is 1. The summed E-state index contributed by atoms with van der Waals surface area (Å²) in [6, 6.07) is 5.07. The highest BCUT2D eigenvalue weighted by Gasteiger charge is 2.33. The van der Waals surface area contributed by atoms with Gasteiger partial charge in [-0.05, 0) is 38.0 Å². The number of anilines is 1. The third-order valence-corrected chi connectivity index (χ3v) is 4.35. The van der Waals surface area contributed by atoms with Crippen molar-refractivity contribution >= 4 is 23.8 Å². The van der Waals surface area contributed by atoms with Crippen molar-refractivity contribution in [2.75, 3.05) is 11.4 Å². The largest absolute Gasteiger partial charge is 0.479 e. The molecule has 1 aliphatic carbocycles. The summed E-state index contributed by atoms with van der Waals surface area (Å²) < 4.78 is 5.55. The zero-order valence-electron chi connectivity index (χ0n) is 13.1. The molecule has 122 valence electrons. The van der Waals surface area contributed by atoms with Crippen molar-refractivity contribution in [1.29, 1.82) is 0 Å². The van der Waals surface area contributed by atoms with Gasteiger partial charge in [0.15, 0.2) is 6.10 Å². The minimum absolute atomic E-state index is 0.0572. The Labute approximate surface area is 134 Å². The highest BCUT2D eigenvalue weighted by atomic mass is 16.5. The third-order valence-electron chi connectivity index (χ3n) is 4.35. The smallest absolute Gasteiger partial charge is 0.268 e. The predicted molar refractivity (Wildman–Crippen MR) is 84.7 cm³/mol. The molecule has 2 aliphatic rings. The molecule has 1 atom stereocenters. The number of rotatable bonds is 4. The summed E-state index contributed by atoms with van der Waals surface area (Å²) in [4.78, 5) is 37.0. The fraction of sp³-hybridized carbons (Fsp3) is 0.471. The summed E-state index contributed by atoms with van der Waals surface area (Å²) in [5.41, 5.74) is 0.912. The van der Waals surface area contributed by atoms with Crippen LogP contribution in [-0.2, 0) is 9.59 Å². The van der Waals surface area contributed by atoms with E-state index < -0.39 is 6.10 Å². The maximum absolute atomic E-state index is 12.4. The molecule has 0 saturated heterocycles. The first-order chi connectivity index (χ1) is 11.1. The van der Waals surface area contributed by atoms with Gasteiger partial charge < -0.3 is 10.1 Å². The van der Waals surface area contributed by atoms with Crippen molar-refractivity contribution in [3.8, 4) is 5.75 Å². The Morgan fingerprint density at radius 3 is 2.83 bits per heavy atom. The second kappa shape index (κ2) is 6.40. The summed E-state index contributed by atoms with van der Waals surface area (Å²) in [5.74, 6) is 0.0558. The minimum atomic E-state index is -0.649. The molecule has 23 heavy (non-hydrogen) atoms. The fourth-order valence-corrected chi connectivity index (χ4v) is 3.15. The number of hydrogen-bond acceptors (Lipinski definition) is 4. The molecule has 0 aromatic heterocycles. The number of nitrogens with one attached hydrogen (secondary N) is 1. The van der Waals surface area contributed by atoms with Crippen LogP contribution in [0, 0.1) is 0 Å². The van der Waals surface area contributed by atoms with Crippen LogP contribution in [0.15, 0.2) is 18.2 Å². The highest BCUT2D eigenvalue weighted by molar-refractivity contribution is 6.04. The van der Waals surface area contributed by atoms with Gasteiger partial charge in [0, 0.05) is 11.6 Å². The number of ether oxygens (including phenoxy) is 1. The molecule has 1 N–H and O–H groups in total. The molecule has 1 aliphatic heterocycles. The summed E-state index contributed by atoms with van der Waals surface area (Å²) in [5, 5.41) is 2.98. The summed E-state index contributed by atoms with van der Waals surface area (Å²) >= 11 is 0. The zero-order chi connectivity index (χ0) is 16.4. The van der Waals surface area contributed by atoms with Crippen LogP contribution < -0.4 is 15.0 Å². The number of benzene rings is 1. The van der Waals surface area contributed by atoms with Gasteiger partial charge in [0.25, 0.3) is 5.91 Å². The Hall–Kier alpha value is -2.37. The molecular formula is C17H20N2O4. The van der Waals surface area contributed by atoms with Crippen LogP contribution in [0.4, 0.5) is 5.69 Å². The Morgan fingerprint density at radius 2 is 2.13 bits per heavy atom. The number of amides is 2. The van der Waals surface area contributed by atoms with Gasteiger partial charge in [0.05, 0.1) is 5.69 Å². The number of aldehydes is 1. The zero-order valence-corrected chi connectivity index (χ0v) is 13.1. The quantitative estimate of drug-likeness (QED) is 0.857. The van der Waals surface area contributed by atoms with Crippen LogP contribution in [0.25, 0.3) is 0 Å². The number of nitrogens with zero attached hydrogens (tertiary/aromatic N) is 1. The Bertz CT molecular complexity index is 637. The van der Waals surface area contributed by atoms with Crippen LogP contribution in [-0.4, -0.2) is 36.8 Å². The molecule has 6 nitrogen and oxygen atoms in total. The Morgan fingerprint density at radius 1 is 1.39 bits per heavy atom. The average molecular weight is 316 g/mol. The van der Waals surface area contributed by atoms with Gasteiger partial charge in [-0.15, -0.1) is 0 Å². The van der Waals surface area contributed by atoms with Crippen molar-refractivity contribution in [3.05, 3.63) is 23.8 Å². The van der Waals surface area contributed by atoms with E-state index in [-0.39, 0.29) is 24.4 Å². The highest BCUT2D eigenvalue weighted by Crippen LogP contribution is 2.34. The molecule has 1 aromatic rings. The SMILES string of the molecule is CC1Oc2ccc(C=O)cc2N(CC(=O)NC2CCCC2)C1=O. The standard InChI is InChI=1S/C17H20N2O4/c1-11-17(22)19(9-16(21)18-13-4-2-3-5-13)14-8-12(10-20)6-7-15(14)23-11/h6-8,10-11,13H,2-5,9H2,1H3,(H,18,21). The summed E-state index contributed by atoms with van der Waals surface area (Å²) in [7, 11) is 0. The maximum Gasteiger partial charge on any atom is 0.268 e. The molecule has 1 unspecified atom stereocenters. The lowest BCUT2D eigenvalue weighted by molar-refractivity contribution is -0.128. The van der Waals surface area contributed by atoms with Crippen molar-refractivity contribution in [2.24, 2.45) is 0 Å². The average Bonchev–Trinajstić information content (AvgIpc) is 3.04. The molecule has 6 heteroatoms. The lowest BCUT2D eigenvalue weighted by atomic mass is 10.1. The molecule has 1 saturated carbocycles. The van der Waals surface area contributed by atoms with Gasteiger partial charge in [-0.3, -0.25) is 19.3 Å². The summed E-state index contributed by atoms with van der Waals surface area (Å²) in [6.07, 6.45) is 4.30. The lowest BCUT2D eigenvalue weighted by Gasteiger charge is -2.33. The van der Waals surface area contributed by atoms with Crippen LogP contribution in [0.5, 0.6) is 5.75 Å². The molecular weight excluding hydrogens is 296 g/mol. The molecule has 1 heterocycles. The van der Waals surface area contributed by atoms with E-state index >= 15 is 0 Å². The number of carbonyl (C=O) groups is 3. The molecule has 0 bridgehead atoms. The normalized spacial score (nSPS) is 20.8. The van der Waals surface area contributed by atoms with E-state index in [4.69, 9.17) is 4.74 Å². The van der Waals surface area contributed by atoms with Gasteiger partial charge >= 0.3 is 0 Å². The van der Waals surface area contributed by atoms with Gasteiger partial charge in [-0.1, -0.05) is 12.8 Å². The van der Waals surface area contributed by atoms with Crippen molar-refractivity contribution < 1.29 is 19.1 Å². The Kier molecular flexibility index (Phi) is 4.32. The van der Waals surface area contributed by atoms with Gasteiger partial charge in [-0.2, -0.15) is 0 Å². The van der Waals surface area contributed by atoms with Gasteiger partial charge in [0.2, 0.25) is 5.91 Å². The van der Waals surface area contributed by atoms with Crippen LogP contribution >= 0.6 is 0 Å². The maximum atomic E-state index is 12.4. The number of carbonyl (C=O) groups excluding carboxylic acids is 3. The van der Waals surface area contributed by atoms with Crippen LogP contribution in [0.2, 0.25) is 0 Å². The second-order valence-electron chi connectivity index (χ2n) is 6.08. The van der Waals surface area contributed by atoms with Crippen molar-refractivity contribution in [2.45, 2.75) is 44.8 Å². The van der Waals surface area contributed by atoms with E-state index in [1.807, 2.05) is 0 Å². The van der Waals surface area contributed by atoms with Gasteiger partial charge in [0.1, 0.15) is 18.6 Å². The van der Waals surface area contributed by atoms with E-state index in [1.165, 1.54) is 4.90 Å². The minimum Gasteiger partial charge on any atom is -0.479 e. The van der Waals surface area contributed by atoms with Crippen molar-refractivity contribution in [3.63, 3.8) is 0 Å². The fourth-order valence-electron chi connectivity index (χ4n) is 3.15. The van der Waals surface area contributed by atoms with Crippen LogP contribution in [0.3, 0.4) is 0 Å². The number of hydrogen-bond donors (Lipinski definition) is 1. The van der Waals surface area contributed by atoms with Crippen LogP contribution in [0.1, 0.15) is 43.0 Å². The molecule has 1 aromatic carbocycles. The van der Waals surface area contributed by atoms with E-state index in [1.54, 1.807) is 25.1 Å². The topological polar surface area (TPSA) is 75.7 Å². The first-order valence-electron chi connectivity index (χ1n) is 7.95. The van der Waals surface area contributed by atoms with E-state index in [2.05, 4.69) is 5.32 Å². The molecule has 1 fully saturated rings. The molecule has 3 rings (SSSR count). The first kappa shape index (κ1) is 15.5. The van der Waals surface area contributed by atoms with E-state index in [0.29, 0.717) is 23.3 Å². The van der Waals surface area contributed by atoms with Crippen molar-refractivity contribution in [1.82, 2.24) is 5.32 Å². The lowest BCUT2D eigenvalue weighted by Crippen LogP contribution is -2.49. The third kappa shape index (κ3) is 3.21. The monoisotopic (exact) mass is 316 g/mol. The van der Waals surface area contributed by atoms with E-state index in [9.17, 15) is 14.4 Å². The first-order valence-corrected chi connectivity index (χ1v) is 7.95. The second-order valence-corrected chi connectivity index (χ2v) is 6.08.